The Morgan fingerprint density at radius 3 is 2.89 bits per heavy atom. The van der Waals surface area contributed by atoms with E-state index in [9.17, 15) is 4.79 Å². The molecule has 4 rings (SSSR count). The fraction of sp³-hybridized carbons (Fsp3) is 0.273. The lowest BCUT2D eigenvalue weighted by atomic mass is 9.88. The van der Waals surface area contributed by atoms with Crippen molar-refractivity contribution in [1.82, 2.24) is 14.7 Å². The molecule has 28 heavy (non-hydrogen) atoms. The molecule has 0 spiro atoms. The van der Waals surface area contributed by atoms with Crippen LogP contribution in [0.4, 0.5) is 5.69 Å². The molecule has 2 aromatic carbocycles. The van der Waals surface area contributed by atoms with Gasteiger partial charge in [0.2, 0.25) is 5.91 Å². The summed E-state index contributed by atoms with van der Waals surface area (Å²) in [5, 5.41) is 7.04. The molecule has 6 heteroatoms. The molecule has 0 bridgehead atoms. The molecule has 1 amide bonds. The summed E-state index contributed by atoms with van der Waals surface area (Å²) in [6.45, 7) is 1.13. The van der Waals surface area contributed by atoms with Crippen molar-refractivity contribution in [2.24, 2.45) is 7.05 Å². The van der Waals surface area contributed by atoms with E-state index in [1.165, 1.54) is 11.1 Å². The van der Waals surface area contributed by atoms with Gasteiger partial charge in [0.25, 0.3) is 0 Å². The summed E-state index contributed by atoms with van der Waals surface area (Å²) in [7, 11) is 3.50. The summed E-state index contributed by atoms with van der Waals surface area (Å²) in [5.41, 5.74) is 4.42. The van der Waals surface area contributed by atoms with Gasteiger partial charge in [-0.25, -0.2) is 0 Å². The van der Waals surface area contributed by atoms with Gasteiger partial charge in [-0.2, -0.15) is 5.10 Å². The average molecular weight is 376 g/mol. The molecule has 1 atom stereocenters. The van der Waals surface area contributed by atoms with Gasteiger partial charge >= 0.3 is 0 Å². The maximum atomic E-state index is 12.7. The van der Waals surface area contributed by atoms with E-state index in [0.29, 0.717) is 12.2 Å². The molecule has 0 saturated heterocycles. The zero-order chi connectivity index (χ0) is 19.5. The zero-order valence-corrected chi connectivity index (χ0v) is 16.1. The van der Waals surface area contributed by atoms with Crippen LogP contribution in [0.1, 0.15) is 22.7 Å². The van der Waals surface area contributed by atoms with Crippen molar-refractivity contribution >= 4 is 11.6 Å². The fourth-order valence-corrected chi connectivity index (χ4v) is 3.86. The number of rotatable bonds is 5. The van der Waals surface area contributed by atoms with Crippen molar-refractivity contribution in [3.63, 3.8) is 0 Å². The highest BCUT2D eigenvalue weighted by molar-refractivity contribution is 5.92. The van der Waals surface area contributed by atoms with Crippen LogP contribution in [-0.2, 0) is 18.3 Å². The van der Waals surface area contributed by atoms with E-state index in [1.807, 2.05) is 19.2 Å². The Hall–Kier alpha value is -3.12. The molecular formula is C22H24N4O2. The Bertz CT molecular complexity index is 982. The van der Waals surface area contributed by atoms with Crippen LogP contribution in [0.2, 0.25) is 0 Å². The second-order valence-corrected chi connectivity index (χ2v) is 7.05. The van der Waals surface area contributed by atoms with Crippen molar-refractivity contribution in [3.8, 4) is 5.75 Å². The molecule has 0 fully saturated rings. The number of methoxy groups -OCH3 is 1. The van der Waals surface area contributed by atoms with E-state index in [1.54, 1.807) is 24.2 Å². The topological polar surface area (TPSA) is 59.4 Å². The number of amides is 1. The van der Waals surface area contributed by atoms with E-state index in [-0.39, 0.29) is 11.9 Å². The zero-order valence-electron chi connectivity index (χ0n) is 16.1. The van der Waals surface area contributed by atoms with Gasteiger partial charge in [-0.1, -0.05) is 36.4 Å². The molecule has 1 N–H and O–H groups in total. The van der Waals surface area contributed by atoms with E-state index in [2.05, 4.69) is 51.7 Å². The lowest BCUT2D eigenvalue weighted by molar-refractivity contribution is -0.117. The molecule has 0 aliphatic carbocycles. The standard InChI is InChI=1S/C22H24N4O2/c1-25-14-18(13-23-25)24-21(27)15-26-11-10-16-6-3-4-9-20(16)22(26)17-7-5-8-19(12-17)28-2/h3-9,12-14,22H,10-11,15H2,1-2H3,(H,24,27). The number of hydrogen-bond donors (Lipinski definition) is 1. The van der Waals surface area contributed by atoms with Crippen LogP contribution in [0.3, 0.4) is 0 Å². The number of aryl methyl sites for hydroxylation is 1. The molecule has 0 radical (unpaired) electrons. The third-order valence-corrected chi connectivity index (χ3v) is 5.13. The molecule has 0 saturated carbocycles. The Kier molecular flexibility index (Phi) is 5.12. The molecule has 1 aromatic heterocycles. The highest BCUT2D eigenvalue weighted by Gasteiger charge is 2.30. The Labute approximate surface area is 164 Å². The summed E-state index contributed by atoms with van der Waals surface area (Å²) < 4.78 is 7.10. The molecule has 1 unspecified atom stereocenters. The fourth-order valence-electron chi connectivity index (χ4n) is 3.86. The molecule has 1 aliphatic heterocycles. The minimum atomic E-state index is -0.0414. The number of nitrogens with one attached hydrogen (secondary N) is 1. The van der Waals surface area contributed by atoms with Crippen LogP contribution >= 0.6 is 0 Å². The normalized spacial score (nSPS) is 16.4. The van der Waals surface area contributed by atoms with Gasteiger partial charge in [-0.05, 0) is 35.2 Å². The predicted molar refractivity (Wildman–Crippen MR) is 108 cm³/mol. The highest BCUT2D eigenvalue weighted by atomic mass is 16.5. The van der Waals surface area contributed by atoms with Gasteiger partial charge in [0.1, 0.15) is 5.75 Å². The predicted octanol–water partition coefficient (Wildman–Crippen LogP) is 3.01. The molecular weight excluding hydrogens is 352 g/mol. The number of benzene rings is 2. The van der Waals surface area contributed by atoms with Crippen LogP contribution in [0.25, 0.3) is 0 Å². The van der Waals surface area contributed by atoms with Crippen molar-refractivity contribution in [1.29, 1.82) is 0 Å². The van der Waals surface area contributed by atoms with Crippen molar-refractivity contribution in [2.45, 2.75) is 12.5 Å². The largest absolute Gasteiger partial charge is 0.497 e. The van der Waals surface area contributed by atoms with Gasteiger partial charge in [0.15, 0.2) is 0 Å². The molecule has 3 aromatic rings. The number of carbonyl (C=O) groups excluding carboxylic acids is 1. The monoisotopic (exact) mass is 376 g/mol. The minimum Gasteiger partial charge on any atom is -0.497 e. The first-order chi connectivity index (χ1) is 13.6. The number of carbonyl (C=O) groups is 1. The Balaban J connectivity index is 1.62. The third kappa shape index (κ3) is 3.77. The van der Waals surface area contributed by atoms with Crippen LogP contribution < -0.4 is 10.1 Å². The van der Waals surface area contributed by atoms with Gasteiger partial charge in [-0.3, -0.25) is 14.4 Å². The first-order valence-electron chi connectivity index (χ1n) is 9.38. The summed E-state index contributed by atoms with van der Waals surface area (Å²) >= 11 is 0. The Morgan fingerprint density at radius 1 is 1.25 bits per heavy atom. The van der Waals surface area contributed by atoms with Crippen LogP contribution in [0.15, 0.2) is 60.9 Å². The first kappa shape index (κ1) is 18.3. The van der Waals surface area contributed by atoms with Crippen LogP contribution in [-0.4, -0.2) is 40.8 Å². The van der Waals surface area contributed by atoms with E-state index >= 15 is 0 Å². The highest BCUT2D eigenvalue weighted by Crippen LogP contribution is 2.36. The molecule has 1 aliphatic rings. The van der Waals surface area contributed by atoms with Crippen LogP contribution in [0, 0.1) is 0 Å². The Morgan fingerprint density at radius 2 is 2.11 bits per heavy atom. The number of aromatic nitrogens is 2. The summed E-state index contributed by atoms with van der Waals surface area (Å²) in [5.74, 6) is 0.778. The smallest absolute Gasteiger partial charge is 0.238 e. The molecule has 144 valence electrons. The number of anilines is 1. The average Bonchev–Trinajstić information content (AvgIpc) is 3.12. The number of hydrogen-bond acceptors (Lipinski definition) is 4. The SMILES string of the molecule is COc1cccc(C2c3ccccc3CCN2CC(=O)Nc2cnn(C)c2)c1. The quantitative estimate of drug-likeness (QED) is 0.744. The number of ether oxygens (including phenoxy) is 1. The number of nitrogens with zero attached hydrogens (tertiary/aromatic N) is 3. The second kappa shape index (κ2) is 7.86. The van der Waals surface area contributed by atoms with Crippen LogP contribution in [0.5, 0.6) is 5.75 Å². The number of fused-ring (bicyclic) bond motifs is 1. The van der Waals surface area contributed by atoms with E-state index < -0.39 is 0 Å². The van der Waals surface area contributed by atoms with Gasteiger partial charge < -0.3 is 10.1 Å². The minimum absolute atomic E-state index is 0.0136. The molecule has 2 heterocycles. The maximum absolute atomic E-state index is 12.7. The maximum Gasteiger partial charge on any atom is 0.238 e. The van der Waals surface area contributed by atoms with Crippen molar-refractivity contribution in [2.75, 3.05) is 25.5 Å². The lowest BCUT2D eigenvalue weighted by Gasteiger charge is -2.37. The summed E-state index contributed by atoms with van der Waals surface area (Å²) in [6, 6.07) is 16.6. The third-order valence-electron chi connectivity index (χ3n) is 5.13. The lowest BCUT2D eigenvalue weighted by Crippen LogP contribution is -2.41. The van der Waals surface area contributed by atoms with Gasteiger partial charge in [0, 0.05) is 19.8 Å². The molecule has 6 nitrogen and oxygen atoms in total. The summed E-state index contributed by atoms with van der Waals surface area (Å²) in [4.78, 5) is 14.9. The van der Waals surface area contributed by atoms with Gasteiger partial charge in [-0.15, -0.1) is 0 Å². The van der Waals surface area contributed by atoms with Gasteiger partial charge in [0.05, 0.1) is 31.6 Å². The first-order valence-corrected chi connectivity index (χ1v) is 9.38. The summed E-state index contributed by atoms with van der Waals surface area (Å²) in [6.07, 6.45) is 4.38. The van der Waals surface area contributed by atoms with E-state index in [0.717, 1.165) is 24.3 Å². The van der Waals surface area contributed by atoms with E-state index in [4.69, 9.17) is 4.74 Å². The van der Waals surface area contributed by atoms with Crippen molar-refractivity contribution in [3.05, 3.63) is 77.6 Å². The second-order valence-electron chi connectivity index (χ2n) is 7.05. The van der Waals surface area contributed by atoms with Crippen molar-refractivity contribution < 1.29 is 9.53 Å².